The number of benzene rings is 1. The molecule has 0 unspecified atom stereocenters. The number of amides is 2. The van der Waals surface area contributed by atoms with Crippen LogP contribution in [-0.2, 0) is 14.3 Å². The van der Waals surface area contributed by atoms with Crippen LogP contribution in [0.3, 0.4) is 0 Å². The van der Waals surface area contributed by atoms with Crippen molar-refractivity contribution in [3.63, 3.8) is 0 Å². The average molecular weight is 417 g/mol. The number of rotatable bonds is 4. The molecule has 7 heteroatoms. The zero-order valence-electron chi connectivity index (χ0n) is 11.2. The number of hydrogen-bond donors (Lipinski definition) is 0. The van der Waals surface area contributed by atoms with Crippen molar-refractivity contribution in [1.82, 2.24) is 4.90 Å². The Labute approximate surface area is 139 Å². The lowest BCUT2D eigenvalue weighted by Crippen LogP contribution is -2.34. The highest BCUT2D eigenvalue weighted by atomic mass is 127. The molecular formula is C14H12INO4S. The maximum absolute atomic E-state index is 12.2. The van der Waals surface area contributed by atoms with Crippen LogP contribution in [0.1, 0.15) is 12.5 Å². The molecule has 5 nitrogen and oxygen atoms in total. The minimum Gasteiger partial charge on any atom is -0.465 e. The molecule has 1 heterocycles. The summed E-state index contributed by atoms with van der Waals surface area (Å²) in [5.41, 5.74) is 0.837. The summed E-state index contributed by atoms with van der Waals surface area (Å²) >= 11 is 3.00. The van der Waals surface area contributed by atoms with E-state index in [2.05, 4.69) is 22.6 Å². The topological polar surface area (TPSA) is 63.7 Å². The second-order valence-electron chi connectivity index (χ2n) is 4.13. The summed E-state index contributed by atoms with van der Waals surface area (Å²) in [6.45, 7) is 1.54. The number of halogens is 1. The molecule has 0 aromatic heterocycles. The number of esters is 1. The van der Waals surface area contributed by atoms with Gasteiger partial charge in [-0.15, -0.1) is 0 Å². The number of carbonyl (C=O) groups excluding carboxylic acids is 3. The van der Waals surface area contributed by atoms with Crippen LogP contribution in [0.15, 0.2) is 29.2 Å². The Hall–Kier alpha value is -1.35. The van der Waals surface area contributed by atoms with Gasteiger partial charge in [0.15, 0.2) is 0 Å². The van der Waals surface area contributed by atoms with E-state index < -0.39 is 17.1 Å². The van der Waals surface area contributed by atoms with Crippen LogP contribution in [0.2, 0.25) is 0 Å². The first-order valence-electron chi connectivity index (χ1n) is 6.18. The maximum Gasteiger partial charge on any atom is 0.326 e. The van der Waals surface area contributed by atoms with E-state index in [1.807, 2.05) is 24.3 Å². The SMILES string of the molecule is CCOC(=O)CN1C(=O)SC(=Cc2cccc(I)c2)C1=O. The number of thioether (sulfide) groups is 1. The Bertz CT molecular complexity index is 629. The van der Waals surface area contributed by atoms with Gasteiger partial charge in [0.05, 0.1) is 11.5 Å². The van der Waals surface area contributed by atoms with E-state index in [4.69, 9.17) is 4.74 Å². The highest BCUT2D eigenvalue weighted by Crippen LogP contribution is 2.32. The summed E-state index contributed by atoms with van der Waals surface area (Å²) in [7, 11) is 0. The van der Waals surface area contributed by atoms with Crippen LogP contribution in [0.4, 0.5) is 4.79 Å². The molecule has 1 saturated heterocycles. The van der Waals surface area contributed by atoms with Crippen molar-refractivity contribution >= 4 is 57.5 Å². The number of imide groups is 1. The third-order valence-corrected chi connectivity index (χ3v) is 4.19. The van der Waals surface area contributed by atoms with Crippen molar-refractivity contribution < 1.29 is 19.1 Å². The van der Waals surface area contributed by atoms with Gasteiger partial charge < -0.3 is 4.74 Å². The number of ether oxygens (including phenoxy) is 1. The molecule has 1 fully saturated rings. The van der Waals surface area contributed by atoms with Gasteiger partial charge in [0.2, 0.25) is 0 Å². The predicted molar refractivity (Wildman–Crippen MR) is 88.5 cm³/mol. The van der Waals surface area contributed by atoms with Crippen LogP contribution in [-0.4, -0.2) is 35.2 Å². The Morgan fingerprint density at radius 3 is 2.86 bits per heavy atom. The minimum atomic E-state index is -0.588. The number of nitrogens with zero attached hydrogens (tertiary/aromatic N) is 1. The third kappa shape index (κ3) is 4.07. The zero-order valence-corrected chi connectivity index (χ0v) is 14.1. The lowest BCUT2D eigenvalue weighted by molar-refractivity contribution is -0.145. The Morgan fingerprint density at radius 2 is 2.19 bits per heavy atom. The first-order valence-corrected chi connectivity index (χ1v) is 8.07. The molecule has 1 aromatic carbocycles. The summed E-state index contributed by atoms with van der Waals surface area (Å²) in [4.78, 5) is 36.6. The van der Waals surface area contributed by atoms with Gasteiger partial charge in [-0.3, -0.25) is 19.3 Å². The lowest BCUT2D eigenvalue weighted by atomic mass is 10.2. The predicted octanol–water partition coefficient (Wildman–Crippen LogP) is 2.89. The van der Waals surface area contributed by atoms with Gasteiger partial charge in [-0.05, 0) is 65.0 Å². The van der Waals surface area contributed by atoms with Crippen molar-refractivity contribution in [2.75, 3.05) is 13.2 Å². The van der Waals surface area contributed by atoms with E-state index in [0.717, 1.165) is 25.8 Å². The van der Waals surface area contributed by atoms with Gasteiger partial charge in [0.25, 0.3) is 11.1 Å². The quantitative estimate of drug-likeness (QED) is 0.429. The fourth-order valence-corrected chi connectivity index (χ4v) is 3.13. The summed E-state index contributed by atoms with van der Waals surface area (Å²) in [5, 5.41) is -0.454. The summed E-state index contributed by atoms with van der Waals surface area (Å²) in [6, 6.07) is 7.56. The fourth-order valence-electron chi connectivity index (χ4n) is 1.72. The molecule has 0 N–H and O–H groups in total. The molecular weight excluding hydrogens is 405 g/mol. The highest BCUT2D eigenvalue weighted by molar-refractivity contribution is 14.1. The number of hydrogen-bond acceptors (Lipinski definition) is 5. The van der Waals surface area contributed by atoms with Crippen molar-refractivity contribution in [2.24, 2.45) is 0 Å². The van der Waals surface area contributed by atoms with Crippen LogP contribution < -0.4 is 0 Å². The first kappa shape index (κ1) is 16.0. The molecule has 2 rings (SSSR count). The minimum absolute atomic E-state index is 0.216. The van der Waals surface area contributed by atoms with Crippen molar-refractivity contribution in [2.45, 2.75) is 6.92 Å². The van der Waals surface area contributed by atoms with Gasteiger partial charge in [-0.1, -0.05) is 12.1 Å². The van der Waals surface area contributed by atoms with E-state index in [0.29, 0.717) is 4.91 Å². The summed E-state index contributed by atoms with van der Waals surface area (Å²) in [5.74, 6) is -1.05. The van der Waals surface area contributed by atoms with E-state index in [-0.39, 0.29) is 13.2 Å². The Morgan fingerprint density at radius 1 is 1.43 bits per heavy atom. The normalized spacial score (nSPS) is 16.7. The molecule has 21 heavy (non-hydrogen) atoms. The molecule has 110 valence electrons. The monoisotopic (exact) mass is 417 g/mol. The van der Waals surface area contributed by atoms with Crippen molar-refractivity contribution in [3.05, 3.63) is 38.3 Å². The van der Waals surface area contributed by atoms with E-state index in [1.54, 1.807) is 13.0 Å². The lowest BCUT2D eigenvalue weighted by Gasteiger charge is -2.10. The van der Waals surface area contributed by atoms with Crippen LogP contribution in [0.25, 0.3) is 6.08 Å². The van der Waals surface area contributed by atoms with Gasteiger partial charge >= 0.3 is 5.97 Å². The van der Waals surface area contributed by atoms with E-state index in [1.165, 1.54) is 0 Å². The van der Waals surface area contributed by atoms with Crippen LogP contribution in [0.5, 0.6) is 0 Å². The standard InChI is InChI=1S/C14H12INO4S/c1-2-20-12(17)8-16-13(18)11(21-14(16)19)7-9-4-3-5-10(15)6-9/h3-7H,2,8H2,1H3. The molecule has 0 atom stereocenters. The Balaban J connectivity index is 2.16. The van der Waals surface area contributed by atoms with E-state index in [9.17, 15) is 14.4 Å². The molecule has 1 aromatic rings. The molecule has 1 aliphatic rings. The fraction of sp³-hybridized carbons (Fsp3) is 0.214. The van der Waals surface area contributed by atoms with Gasteiger partial charge in [0.1, 0.15) is 6.54 Å². The molecule has 0 spiro atoms. The number of carbonyl (C=O) groups is 3. The highest BCUT2D eigenvalue weighted by Gasteiger charge is 2.36. The van der Waals surface area contributed by atoms with Crippen molar-refractivity contribution in [1.29, 1.82) is 0 Å². The van der Waals surface area contributed by atoms with Crippen LogP contribution in [0, 0.1) is 3.57 Å². The van der Waals surface area contributed by atoms with Gasteiger partial charge in [-0.2, -0.15) is 0 Å². The van der Waals surface area contributed by atoms with Gasteiger partial charge in [0, 0.05) is 3.57 Å². The van der Waals surface area contributed by atoms with Crippen molar-refractivity contribution in [3.8, 4) is 0 Å². The van der Waals surface area contributed by atoms with Crippen LogP contribution >= 0.6 is 34.4 Å². The molecule has 2 amide bonds. The molecule has 0 radical (unpaired) electrons. The second-order valence-corrected chi connectivity index (χ2v) is 6.37. The Kier molecular flexibility index (Phi) is 5.40. The maximum atomic E-state index is 12.2. The smallest absolute Gasteiger partial charge is 0.326 e. The largest absolute Gasteiger partial charge is 0.465 e. The van der Waals surface area contributed by atoms with E-state index >= 15 is 0 Å². The molecule has 1 aliphatic heterocycles. The zero-order chi connectivity index (χ0) is 15.4. The average Bonchev–Trinajstić information content (AvgIpc) is 2.67. The summed E-state index contributed by atoms with van der Waals surface area (Å²) in [6.07, 6.45) is 1.65. The third-order valence-electron chi connectivity index (χ3n) is 2.61. The summed E-state index contributed by atoms with van der Waals surface area (Å²) < 4.78 is 5.79. The molecule has 0 aliphatic carbocycles. The second kappa shape index (κ2) is 7.08. The first-order chi connectivity index (χ1) is 10.0. The molecule has 0 saturated carbocycles. The molecule has 0 bridgehead atoms. The van der Waals surface area contributed by atoms with Gasteiger partial charge in [-0.25, -0.2) is 0 Å².